The second-order valence-corrected chi connectivity index (χ2v) is 5.84. The largest absolute Gasteiger partial charge is 0.496 e. The van der Waals surface area contributed by atoms with Gasteiger partial charge in [0.1, 0.15) is 5.75 Å². The number of imidazole rings is 1. The molecule has 0 unspecified atom stereocenters. The van der Waals surface area contributed by atoms with Crippen molar-refractivity contribution in [2.45, 2.75) is 11.8 Å². The van der Waals surface area contributed by atoms with Crippen LogP contribution in [0.2, 0.25) is 0 Å². The van der Waals surface area contributed by atoms with Gasteiger partial charge in [-0.2, -0.15) is 0 Å². The second-order valence-electron chi connectivity index (χ2n) is 4.16. The summed E-state index contributed by atoms with van der Waals surface area (Å²) >= 11 is 0. The first-order valence-electron chi connectivity index (χ1n) is 5.58. The van der Waals surface area contributed by atoms with Crippen LogP contribution in [-0.4, -0.2) is 25.1 Å². The van der Waals surface area contributed by atoms with E-state index in [1.165, 1.54) is 12.4 Å². The van der Waals surface area contributed by atoms with Gasteiger partial charge in [-0.15, -0.1) is 0 Å². The Labute approximate surface area is 112 Å². The molecule has 19 heavy (non-hydrogen) atoms. The highest BCUT2D eigenvalue weighted by Gasteiger charge is 2.16. The number of hydrogen-bond donors (Lipinski definition) is 1. The molecule has 102 valence electrons. The number of aryl methyl sites for hydroxylation is 2. The number of benzene rings is 1. The molecule has 2 rings (SSSR count). The third-order valence-corrected chi connectivity index (χ3v) is 3.97. The van der Waals surface area contributed by atoms with Gasteiger partial charge in [0.15, 0.2) is 5.82 Å². The topological polar surface area (TPSA) is 73.2 Å². The van der Waals surface area contributed by atoms with Gasteiger partial charge in [0, 0.05) is 13.2 Å². The lowest BCUT2D eigenvalue weighted by molar-refractivity contribution is 0.411. The molecule has 2 aromatic rings. The van der Waals surface area contributed by atoms with Gasteiger partial charge in [-0.3, -0.25) is 4.72 Å². The van der Waals surface area contributed by atoms with Crippen molar-refractivity contribution in [2.75, 3.05) is 11.8 Å². The lowest BCUT2D eigenvalue weighted by Gasteiger charge is -2.08. The second kappa shape index (κ2) is 4.93. The maximum atomic E-state index is 12.2. The fourth-order valence-corrected chi connectivity index (χ4v) is 2.76. The lowest BCUT2D eigenvalue weighted by atomic mass is 10.2. The fourth-order valence-electron chi connectivity index (χ4n) is 1.68. The van der Waals surface area contributed by atoms with E-state index in [-0.39, 0.29) is 10.7 Å². The quantitative estimate of drug-likeness (QED) is 0.922. The molecule has 0 spiro atoms. The number of methoxy groups -OCH3 is 1. The molecule has 0 saturated carbocycles. The molecule has 0 saturated heterocycles. The number of ether oxygens (including phenoxy) is 1. The van der Waals surface area contributed by atoms with E-state index >= 15 is 0 Å². The molecule has 1 aromatic heterocycles. The normalized spacial score (nSPS) is 11.3. The molecule has 0 atom stereocenters. The highest BCUT2D eigenvalue weighted by atomic mass is 32.2. The zero-order valence-electron chi connectivity index (χ0n) is 10.9. The van der Waals surface area contributed by atoms with Gasteiger partial charge in [0.2, 0.25) is 0 Å². The first-order chi connectivity index (χ1) is 8.92. The van der Waals surface area contributed by atoms with Gasteiger partial charge in [0.05, 0.1) is 18.3 Å². The minimum absolute atomic E-state index is 0.177. The third kappa shape index (κ3) is 2.87. The molecule has 7 heteroatoms. The van der Waals surface area contributed by atoms with E-state index in [9.17, 15) is 8.42 Å². The highest BCUT2D eigenvalue weighted by Crippen LogP contribution is 2.22. The summed E-state index contributed by atoms with van der Waals surface area (Å²) in [6.45, 7) is 1.79. The minimum Gasteiger partial charge on any atom is -0.496 e. The van der Waals surface area contributed by atoms with E-state index in [2.05, 4.69) is 9.71 Å². The van der Waals surface area contributed by atoms with Crippen molar-refractivity contribution >= 4 is 15.8 Å². The molecule has 1 heterocycles. The van der Waals surface area contributed by atoms with Crippen LogP contribution >= 0.6 is 0 Å². The maximum Gasteiger partial charge on any atom is 0.263 e. The maximum absolute atomic E-state index is 12.2. The zero-order chi connectivity index (χ0) is 14.0. The van der Waals surface area contributed by atoms with Crippen molar-refractivity contribution in [3.05, 3.63) is 36.3 Å². The first kappa shape index (κ1) is 13.4. The number of nitrogens with zero attached hydrogens (tertiary/aromatic N) is 2. The van der Waals surface area contributed by atoms with E-state index in [1.807, 2.05) is 0 Å². The van der Waals surface area contributed by atoms with E-state index in [0.29, 0.717) is 5.75 Å². The number of anilines is 1. The molecule has 0 bridgehead atoms. The Morgan fingerprint density at radius 3 is 2.63 bits per heavy atom. The van der Waals surface area contributed by atoms with Crippen molar-refractivity contribution < 1.29 is 13.2 Å². The van der Waals surface area contributed by atoms with E-state index < -0.39 is 10.0 Å². The van der Waals surface area contributed by atoms with Crippen molar-refractivity contribution in [2.24, 2.45) is 7.05 Å². The molecular weight excluding hydrogens is 266 g/mol. The Morgan fingerprint density at radius 2 is 2.11 bits per heavy atom. The van der Waals surface area contributed by atoms with Crippen LogP contribution in [0.4, 0.5) is 5.82 Å². The van der Waals surface area contributed by atoms with Crippen LogP contribution in [0.5, 0.6) is 5.75 Å². The molecule has 0 aliphatic rings. The Kier molecular flexibility index (Phi) is 3.48. The van der Waals surface area contributed by atoms with Crippen LogP contribution in [-0.2, 0) is 17.1 Å². The van der Waals surface area contributed by atoms with Crippen LogP contribution in [0.25, 0.3) is 0 Å². The van der Waals surface area contributed by atoms with Crippen LogP contribution in [0, 0.1) is 6.92 Å². The molecular formula is C12H15N3O3S. The minimum atomic E-state index is -3.63. The Balaban J connectivity index is 2.31. The summed E-state index contributed by atoms with van der Waals surface area (Å²) in [7, 11) is -0.318. The molecule has 0 aliphatic heterocycles. The van der Waals surface area contributed by atoms with Crippen molar-refractivity contribution in [1.82, 2.24) is 9.55 Å². The Hall–Kier alpha value is -2.02. The summed E-state index contributed by atoms with van der Waals surface area (Å²) in [4.78, 5) is 4.11. The highest BCUT2D eigenvalue weighted by molar-refractivity contribution is 7.92. The smallest absolute Gasteiger partial charge is 0.263 e. The lowest BCUT2D eigenvalue weighted by Crippen LogP contribution is -2.13. The predicted octanol–water partition coefficient (Wildman–Crippen LogP) is 1.54. The van der Waals surface area contributed by atoms with Crippen LogP contribution in [0.1, 0.15) is 5.56 Å². The van der Waals surface area contributed by atoms with Crippen LogP contribution < -0.4 is 9.46 Å². The van der Waals surface area contributed by atoms with Gasteiger partial charge in [-0.1, -0.05) is 0 Å². The number of nitrogens with one attached hydrogen (secondary N) is 1. The number of aromatic nitrogens is 2. The molecule has 1 aromatic carbocycles. The summed E-state index contributed by atoms with van der Waals surface area (Å²) in [6.07, 6.45) is 3.12. The molecule has 6 nitrogen and oxygen atoms in total. The van der Waals surface area contributed by atoms with Crippen molar-refractivity contribution in [3.63, 3.8) is 0 Å². The summed E-state index contributed by atoms with van der Waals surface area (Å²) in [5.74, 6) is 0.938. The Bertz CT molecular complexity index is 692. The molecule has 0 radical (unpaired) electrons. The average Bonchev–Trinajstić information content (AvgIpc) is 2.73. The van der Waals surface area contributed by atoms with Crippen molar-refractivity contribution in [3.8, 4) is 5.75 Å². The van der Waals surface area contributed by atoms with Gasteiger partial charge < -0.3 is 9.30 Å². The van der Waals surface area contributed by atoms with Crippen LogP contribution in [0.3, 0.4) is 0 Å². The van der Waals surface area contributed by atoms with Gasteiger partial charge >= 0.3 is 0 Å². The monoisotopic (exact) mass is 281 g/mol. The van der Waals surface area contributed by atoms with E-state index in [0.717, 1.165) is 5.56 Å². The zero-order valence-corrected chi connectivity index (χ0v) is 11.7. The summed E-state index contributed by atoms with van der Waals surface area (Å²) < 4.78 is 33.5. The SMILES string of the molecule is COc1ccc(S(=O)(=O)Nc2cn(C)cn2)cc1C. The summed E-state index contributed by atoms with van der Waals surface area (Å²) in [5, 5.41) is 0. The number of hydrogen-bond acceptors (Lipinski definition) is 4. The molecule has 1 N–H and O–H groups in total. The Morgan fingerprint density at radius 1 is 1.37 bits per heavy atom. The first-order valence-corrected chi connectivity index (χ1v) is 7.06. The number of rotatable bonds is 4. The average molecular weight is 281 g/mol. The standard InChI is InChI=1S/C12H15N3O3S/c1-9-6-10(4-5-11(9)18-3)19(16,17)14-12-7-15(2)8-13-12/h4-8,14H,1-3H3. The molecule has 0 fully saturated rings. The fraction of sp³-hybridized carbons (Fsp3) is 0.250. The molecule has 0 amide bonds. The van der Waals surface area contributed by atoms with Gasteiger partial charge in [-0.05, 0) is 30.7 Å². The van der Waals surface area contributed by atoms with Gasteiger partial charge in [0.25, 0.3) is 10.0 Å². The van der Waals surface area contributed by atoms with E-state index in [1.54, 1.807) is 44.0 Å². The van der Waals surface area contributed by atoms with Crippen LogP contribution in [0.15, 0.2) is 35.6 Å². The van der Waals surface area contributed by atoms with E-state index in [4.69, 9.17) is 4.74 Å². The summed E-state index contributed by atoms with van der Waals surface area (Å²) in [5.41, 5.74) is 0.756. The summed E-state index contributed by atoms with van der Waals surface area (Å²) in [6, 6.07) is 4.68. The van der Waals surface area contributed by atoms with Gasteiger partial charge in [-0.25, -0.2) is 13.4 Å². The predicted molar refractivity (Wildman–Crippen MR) is 71.7 cm³/mol. The molecule has 0 aliphatic carbocycles. The number of sulfonamides is 1. The van der Waals surface area contributed by atoms with Crippen molar-refractivity contribution in [1.29, 1.82) is 0 Å². The third-order valence-electron chi connectivity index (χ3n) is 2.62.